The Bertz CT molecular complexity index is 441. The van der Waals surface area contributed by atoms with Crippen molar-refractivity contribution in [3.8, 4) is 0 Å². The summed E-state index contributed by atoms with van der Waals surface area (Å²) in [6.45, 7) is 3.10. The van der Waals surface area contributed by atoms with Gasteiger partial charge in [0.2, 0.25) is 0 Å². The van der Waals surface area contributed by atoms with E-state index in [0.717, 1.165) is 12.0 Å². The van der Waals surface area contributed by atoms with E-state index >= 15 is 0 Å². The average molecular weight is 265 g/mol. The van der Waals surface area contributed by atoms with Gasteiger partial charge >= 0.3 is 0 Å². The lowest BCUT2D eigenvalue weighted by atomic mass is 10.0. The maximum Gasteiger partial charge on any atom is 0.192 e. The molecule has 18 heavy (non-hydrogen) atoms. The lowest BCUT2D eigenvalue weighted by Crippen LogP contribution is -2.46. The minimum absolute atomic E-state index is 0.00809. The van der Waals surface area contributed by atoms with Crippen LogP contribution in [0.25, 0.3) is 0 Å². The van der Waals surface area contributed by atoms with Crippen molar-refractivity contribution in [2.45, 2.75) is 36.5 Å². The summed E-state index contributed by atoms with van der Waals surface area (Å²) in [5.41, 5.74) is 8.32. The van der Waals surface area contributed by atoms with Crippen LogP contribution in [-0.4, -0.2) is 25.0 Å². The third kappa shape index (κ3) is 2.30. The van der Waals surface area contributed by atoms with Crippen molar-refractivity contribution in [2.24, 2.45) is 5.73 Å². The van der Waals surface area contributed by atoms with Gasteiger partial charge in [0, 0.05) is 10.5 Å². The molecule has 0 aliphatic carbocycles. The maximum absolute atomic E-state index is 5.80. The molecule has 0 unspecified atom stereocenters. The Morgan fingerprint density at radius 2 is 2.11 bits per heavy atom. The van der Waals surface area contributed by atoms with Crippen LogP contribution in [0.15, 0.2) is 23.1 Å². The quantitative estimate of drug-likeness (QED) is 0.846. The van der Waals surface area contributed by atoms with E-state index in [-0.39, 0.29) is 6.04 Å². The van der Waals surface area contributed by atoms with Crippen molar-refractivity contribution in [3.63, 3.8) is 0 Å². The Morgan fingerprint density at radius 3 is 2.89 bits per heavy atom. The maximum atomic E-state index is 5.80. The number of benzene rings is 1. The van der Waals surface area contributed by atoms with Gasteiger partial charge in [0.25, 0.3) is 0 Å². The fraction of sp³-hybridized carbons (Fsp3) is 0.571. The second-order valence-corrected chi connectivity index (χ2v) is 6.24. The SMILES string of the molecule is CC1(c2ccc3c(c2)CCCS3)OCC(N)CO1. The average Bonchev–Trinajstić information content (AvgIpc) is 2.42. The van der Waals surface area contributed by atoms with E-state index in [9.17, 15) is 0 Å². The summed E-state index contributed by atoms with van der Waals surface area (Å²) in [5, 5.41) is 0. The monoisotopic (exact) mass is 265 g/mol. The fourth-order valence-corrected chi connectivity index (χ4v) is 3.45. The van der Waals surface area contributed by atoms with Gasteiger partial charge in [-0.3, -0.25) is 0 Å². The molecule has 1 aromatic rings. The molecule has 4 heteroatoms. The molecule has 98 valence electrons. The molecule has 2 aliphatic rings. The van der Waals surface area contributed by atoms with Gasteiger partial charge in [-0.05, 0) is 43.2 Å². The Kier molecular flexibility index (Phi) is 3.36. The van der Waals surface area contributed by atoms with Crippen LogP contribution in [0.3, 0.4) is 0 Å². The summed E-state index contributed by atoms with van der Waals surface area (Å²) >= 11 is 1.94. The predicted molar refractivity (Wildman–Crippen MR) is 72.7 cm³/mol. The molecule has 3 nitrogen and oxygen atoms in total. The Balaban J connectivity index is 1.87. The van der Waals surface area contributed by atoms with Crippen molar-refractivity contribution in [2.75, 3.05) is 19.0 Å². The Morgan fingerprint density at radius 1 is 1.33 bits per heavy atom. The van der Waals surface area contributed by atoms with Crippen LogP contribution in [0.4, 0.5) is 0 Å². The fourth-order valence-electron chi connectivity index (χ4n) is 2.43. The predicted octanol–water partition coefficient (Wildman–Crippen LogP) is 2.27. The van der Waals surface area contributed by atoms with E-state index in [2.05, 4.69) is 18.2 Å². The van der Waals surface area contributed by atoms with Crippen LogP contribution in [0, 0.1) is 0 Å². The van der Waals surface area contributed by atoms with Gasteiger partial charge < -0.3 is 15.2 Å². The first-order chi connectivity index (χ1) is 8.67. The summed E-state index contributed by atoms with van der Waals surface area (Å²) in [4.78, 5) is 1.40. The second-order valence-electron chi connectivity index (χ2n) is 5.10. The summed E-state index contributed by atoms with van der Waals surface area (Å²) in [5.74, 6) is 0.596. The van der Waals surface area contributed by atoms with Crippen LogP contribution < -0.4 is 5.73 Å². The molecule has 0 bridgehead atoms. The molecule has 0 radical (unpaired) electrons. The van der Waals surface area contributed by atoms with Crippen molar-refractivity contribution in [1.82, 2.24) is 0 Å². The molecule has 2 heterocycles. The van der Waals surface area contributed by atoms with Crippen LogP contribution >= 0.6 is 11.8 Å². The molecule has 0 spiro atoms. The molecule has 0 aromatic heterocycles. The van der Waals surface area contributed by atoms with Gasteiger partial charge in [0.05, 0.1) is 19.3 Å². The zero-order chi connectivity index (χ0) is 12.6. The molecule has 1 fully saturated rings. The minimum atomic E-state index is -0.632. The van der Waals surface area contributed by atoms with Gasteiger partial charge in [-0.1, -0.05) is 6.07 Å². The van der Waals surface area contributed by atoms with Gasteiger partial charge in [0.15, 0.2) is 5.79 Å². The lowest BCUT2D eigenvalue weighted by molar-refractivity contribution is -0.270. The standard InChI is InChI=1S/C14H19NO2S/c1-14(16-8-12(15)9-17-14)11-4-5-13-10(7-11)3-2-6-18-13/h4-5,7,12H,2-3,6,8-9,15H2,1H3. The highest BCUT2D eigenvalue weighted by Crippen LogP contribution is 2.36. The third-order valence-electron chi connectivity index (χ3n) is 3.58. The van der Waals surface area contributed by atoms with E-state index in [1.165, 1.54) is 22.6 Å². The number of nitrogens with two attached hydrogens (primary N) is 1. The van der Waals surface area contributed by atoms with Gasteiger partial charge in [0.1, 0.15) is 0 Å². The zero-order valence-corrected chi connectivity index (χ0v) is 11.5. The summed E-state index contributed by atoms with van der Waals surface area (Å²) in [6.07, 6.45) is 2.41. The molecule has 2 aliphatic heterocycles. The molecule has 1 saturated heterocycles. The third-order valence-corrected chi connectivity index (χ3v) is 4.78. The number of rotatable bonds is 1. The van der Waals surface area contributed by atoms with E-state index < -0.39 is 5.79 Å². The van der Waals surface area contributed by atoms with E-state index in [1.54, 1.807) is 0 Å². The minimum Gasteiger partial charge on any atom is -0.344 e. The number of fused-ring (bicyclic) bond motifs is 1. The van der Waals surface area contributed by atoms with Crippen LogP contribution in [0.1, 0.15) is 24.5 Å². The lowest BCUT2D eigenvalue weighted by Gasteiger charge is -2.37. The van der Waals surface area contributed by atoms with Gasteiger partial charge in [-0.2, -0.15) is 0 Å². The smallest absolute Gasteiger partial charge is 0.192 e. The van der Waals surface area contributed by atoms with E-state index in [4.69, 9.17) is 15.2 Å². The molecular weight excluding hydrogens is 246 g/mol. The Labute approximate surface area is 112 Å². The number of hydrogen-bond acceptors (Lipinski definition) is 4. The normalized spacial score (nSPS) is 32.0. The molecule has 1 aromatic carbocycles. The van der Waals surface area contributed by atoms with Crippen molar-refractivity contribution < 1.29 is 9.47 Å². The highest BCUT2D eigenvalue weighted by molar-refractivity contribution is 7.99. The van der Waals surface area contributed by atoms with Crippen molar-refractivity contribution in [1.29, 1.82) is 0 Å². The van der Waals surface area contributed by atoms with Gasteiger partial charge in [-0.25, -0.2) is 0 Å². The molecule has 0 atom stereocenters. The topological polar surface area (TPSA) is 44.5 Å². The number of thioether (sulfide) groups is 1. The highest BCUT2D eigenvalue weighted by Gasteiger charge is 2.34. The largest absolute Gasteiger partial charge is 0.344 e. The zero-order valence-electron chi connectivity index (χ0n) is 10.6. The summed E-state index contributed by atoms with van der Waals surface area (Å²) in [6, 6.07) is 6.54. The number of aryl methyl sites for hydroxylation is 1. The van der Waals surface area contributed by atoms with E-state index in [0.29, 0.717) is 13.2 Å². The van der Waals surface area contributed by atoms with Crippen LogP contribution in [-0.2, 0) is 21.7 Å². The van der Waals surface area contributed by atoms with Gasteiger partial charge in [-0.15, -0.1) is 11.8 Å². The molecular formula is C14H19NO2S. The van der Waals surface area contributed by atoms with Crippen LogP contribution in [0.5, 0.6) is 0 Å². The first kappa shape index (κ1) is 12.5. The Hall–Kier alpha value is -0.550. The molecule has 3 rings (SSSR count). The number of ether oxygens (including phenoxy) is 2. The van der Waals surface area contributed by atoms with Crippen LogP contribution in [0.2, 0.25) is 0 Å². The summed E-state index contributed by atoms with van der Waals surface area (Å²) in [7, 11) is 0. The second kappa shape index (κ2) is 4.85. The molecule has 2 N–H and O–H groups in total. The highest BCUT2D eigenvalue weighted by atomic mass is 32.2. The van der Waals surface area contributed by atoms with E-state index in [1.807, 2.05) is 18.7 Å². The van der Waals surface area contributed by atoms with Crippen molar-refractivity contribution >= 4 is 11.8 Å². The number of hydrogen-bond donors (Lipinski definition) is 1. The molecule has 0 amide bonds. The first-order valence-electron chi connectivity index (χ1n) is 6.47. The summed E-state index contributed by atoms with van der Waals surface area (Å²) < 4.78 is 11.6. The first-order valence-corrected chi connectivity index (χ1v) is 7.46. The van der Waals surface area contributed by atoms with Crippen molar-refractivity contribution in [3.05, 3.63) is 29.3 Å². The molecule has 0 saturated carbocycles.